The van der Waals surface area contributed by atoms with Crippen molar-refractivity contribution in [2.24, 2.45) is 4.99 Å². The molecule has 2 aromatic heterocycles. The molecule has 45 heavy (non-hydrogen) atoms. The van der Waals surface area contributed by atoms with Crippen LogP contribution in [0.5, 0.6) is 11.5 Å². The molecule has 5 aromatic rings. The second-order valence-corrected chi connectivity index (χ2v) is 11.0. The Morgan fingerprint density at radius 1 is 0.911 bits per heavy atom. The Balaban J connectivity index is 1.33. The number of ether oxygens (including phenoxy) is 4. The molecule has 0 saturated carbocycles. The molecule has 232 valence electrons. The number of methoxy groups -OCH3 is 2. The lowest BCUT2D eigenvalue weighted by Crippen LogP contribution is -2.38. The van der Waals surface area contributed by atoms with Gasteiger partial charge in [-0.05, 0) is 41.0 Å². The molecular formula is C34H36N6O5. The smallest absolute Gasteiger partial charge is 0.184 e. The van der Waals surface area contributed by atoms with Crippen molar-refractivity contribution >= 4 is 23.3 Å². The highest BCUT2D eigenvalue weighted by Gasteiger charge is 2.42. The first-order valence-electron chi connectivity index (χ1n) is 14.6. The van der Waals surface area contributed by atoms with E-state index in [4.69, 9.17) is 18.9 Å². The van der Waals surface area contributed by atoms with Crippen LogP contribution in [-0.4, -0.2) is 83.0 Å². The molecule has 0 unspecified atom stereocenters. The van der Waals surface area contributed by atoms with Gasteiger partial charge in [0.1, 0.15) is 35.8 Å². The van der Waals surface area contributed by atoms with E-state index in [0.717, 1.165) is 28.2 Å². The maximum Gasteiger partial charge on any atom is 0.184 e. The Hall–Kier alpha value is -4.84. The van der Waals surface area contributed by atoms with E-state index in [0.29, 0.717) is 23.4 Å². The molecule has 0 radical (unpaired) electrons. The van der Waals surface area contributed by atoms with Gasteiger partial charge < -0.3 is 29.0 Å². The summed E-state index contributed by atoms with van der Waals surface area (Å²) in [5, 5.41) is 11.2. The third kappa shape index (κ3) is 5.97. The van der Waals surface area contributed by atoms with Crippen molar-refractivity contribution in [3.63, 3.8) is 0 Å². The molecular weight excluding hydrogens is 572 g/mol. The molecule has 1 N–H and O–H groups in total. The summed E-state index contributed by atoms with van der Waals surface area (Å²) in [5.41, 5.74) is 2.81. The number of aliphatic imine (C=N–C) groups is 1. The minimum Gasteiger partial charge on any atom is -0.497 e. The number of hydrogen-bond donors (Lipinski definition) is 1. The third-order valence-corrected chi connectivity index (χ3v) is 7.90. The molecule has 1 fully saturated rings. The first-order valence-corrected chi connectivity index (χ1v) is 14.6. The Morgan fingerprint density at radius 3 is 2.13 bits per heavy atom. The van der Waals surface area contributed by atoms with Crippen molar-refractivity contribution in [3.05, 3.63) is 108 Å². The fraction of sp³-hybridized carbons (Fsp3) is 0.294. The van der Waals surface area contributed by atoms with Gasteiger partial charge in [-0.25, -0.2) is 19.9 Å². The molecule has 11 heteroatoms. The molecule has 3 aromatic carbocycles. The van der Waals surface area contributed by atoms with Crippen molar-refractivity contribution in [2.45, 2.75) is 30.5 Å². The fourth-order valence-electron chi connectivity index (χ4n) is 5.63. The zero-order valence-electron chi connectivity index (χ0n) is 25.6. The topological polar surface area (TPSA) is 116 Å². The molecule has 0 amide bonds. The van der Waals surface area contributed by atoms with E-state index in [2.05, 4.69) is 19.9 Å². The second kappa shape index (κ2) is 13.0. The van der Waals surface area contributed by atoms with Gasteiger partial charge in [0.05, 0.1) is 39.6 Å². The van der Waals surface area contributed by atoms with Crippen LogP contribution in [0.15, 0.2) is 96.5 Å². The van der Waals surface area contributed by atoms with E-state index < -0.39 is 24.0 Å². The maximum atomic E-state index is 11.2. The zero-order chi connectivity index (χ0) is 31.4. The predicted molar refractivity (Wildman–Crippen MR) is 170 cm³/mol. The summed E-state index contributed by atoms with van der Waals surface area (Å²) in [5.74, 6) is 1.93. The lowest BCUT2D eigenvalue weighted by molar-refractivity contribution is -0.0931. The Kier molecular flexibility index (Phi) is 8.74. The van der Waals surface area contributed by atoms with Crippen LogP contribution in [0.3, 0.4) is 0 Å². The molecule has 0 spiro atoms. The summed E-state index contributed by atoms with van der Waals surface area (Å²) in [6.45, 7) is 0.102. The van der Waals surface area contributed by atoms with Crippen LogP contribution in [0.1, 0.15) is 29.3 Å². The maximum absolute atomic E-state index is 11.2. The van der Waals surface area contributed by atoms with Crippen LogP contribution >= 0.6 is 0 Å². The summed E-state index contributed by atoms with van der Waals surface area (Å²) in [6.07, 6.45) is 3.18. The highest BCUT2D eigenvalue weighted by molar-refractivity contribution is 5.82. The van der Waals surface area contributed by atoms with Crippen LogP contribution in [0, 0.1) is 0 Å². The number of benzene rings is 3. The molecule has 0 bridgehead atoms. The predicted octanol–water partition coefficient (Wildman–Crippen LogP) is 4.72. The van der Waals surface area contributed by atoms with Crippen molar-refractivity contribution < 1.29 is 24.1 Å². The van der Waals surface area contributed by atoms with Crippen molar-refractivity contribution in [1.29, 1.82) is 0 Å². The van der Waals surface area contributed by atoms with Gasteiger partial charge in [0.15, 0.2) is 17.0 Å². The number of nitrogens with zero attached hydrogens (tertiary/aromatic N) is 6. The number of hydrogen-bond acceptors (Lipinski definition) is 9. The van der Waals surface area contributed by atoms with Crippen LogP contribution in [-0.2, 0) is 15.1 Å². The van der Waals surface area contributed by atoms with E-state index in [1.165, 1.54) is 6.33 Å². The van der Waals surface area contributed by atoms with Crippen LogP contribution < -0.4 is 9.47 Å². The standard InChI is InChI=1S/C34H36N6O5/c1-39(2)21-38-32-31-33(36-20-35-32)40(22-37-31)30-18-28(41)29(45-30)19-44-34(23-8-6-5-7-9-23,24-10-14-26(42-3)15-11-24)25-12-16-27(43-4)17-13-25/h5-17,20-22,28-30,41H,18-19H2,1-4H3/t28-,29+,30+/m0/s1. The third-order valence-electron chi connectivity index (χ3n) is 7.90. The molecule has 0 aliphatic carbocycles. The molecule has 3 heterocycles. The molecule has 6 rings (SSSR count). The van der Waals surface area contributed by atoms with E-state index in [9.17, 15) is 5.11 Å². The van der Waals surface area contributed by atoms with Crippen LogP contribution in [0.4, 0.5) is 5.82 Å². The number of aliphatic hydroxyl groups excluding tert-OH is 1. The van der Waals surface area contributed by atoms with Crippen LogP contribution in [0.25, 0.3) is 11.2 Å². The average molecular weight is 609 g/mol. The summed E-state index contributed by atoms with van der Waals surface area (Å²) < 4.78 is 26.1. The summed E-state index contributed by atoms with van der Waals surface area (Å²) in [6, 6.07) is 25.7. The van der Waals surface area contributed by atoms with Gasteiger partial charge in [-0.3, -0.25) is 4.57 Å². The van der Waals surface area contributed by atoms with E-state index in [1.54, 1.807) is 26.9 Å². The van der Waals surface area contributed by atoms with E-state index in [1.807, 2.05) is 102 Å². The van der Waals surface area contributed by atoms with Crippen LogP contribution in [0.2, 0.25) is 0 Å². The minimum absolute atomic E-state index is 0.102. The number of aliphatic hydroxyl groups is 1. The molecule has 1 aliphatic heterocycles. The van der Waals surface area contributed by atoms with Gasteiger partial charge in [0.25, 0.3) is 0 Å². The Morgan fingerprint density at radius 2 is 1.53 bits per heavy atom. The largest absolute Gasteiger partial charge is 0.497 e. The van der Waals surface area contributed by atoms with Gasteiger partial charge >= 0.3 is 0 Å². The summed E-state index contributed by atoms with van der Waals surface area (Å²) in [7, 11) is 7.04. The highest BCUT2D eigenvalue weighted by atomic mass is 16.6. The Labute approximate surface area is 261 Å². The second-order valence-electron chi connectivity index (χ2n) is 11.0. The van der Waals surface area contributed by atoms with Gasteiger partial charge in [-0.15, -0.1) is 0 Å². The van der Waals surface area contributed by atoms with Gasteiger partial charge in [0, 0.05) is 20.5 Å². The summed E-state index contributed by atoms with van der Waals surface area (Å²) >= 11 is 0. The van der Waals surface area contributed by atoms with E-state index in [-0.39, 0.29) is 6.61 Å². The number of imidazole rings is 1. The van der Waals surface area contributed by atoms with Gasteiger partial charge in [-0.1, -0.05) is 54.6 Å². The first kappa shape index (κ1) is 30.2. The number of rotatable bonds is 11. The SMILES string of the molecule is COc1ccc(C(OC[C@H]2O[C@@H](n3cnc4c(N=CN(C)C)ncnc43)C[C@@H]2O)(c2ccccc2)c2ccc(OC)cc2)cc1. The average Bonchev–Trinajstić information content (AvgIpc) is 3.68. The molecule has 11 nitrogen and oxygen atoms in total. The number of aromatic nitrogens is 4. The van der Waals surface area contributed by atoms with E-state index >= 15 is 0 Å². The monoisotopic (exact) mass is 608 g/mol. The fourth-order valence-corrected chi connectivity index (χ4v) is 5.63. The molecule has 1 saturated heterocycles. The van der Waals surface area contributed by atoms with Crippen molar-refractivity contribution in [3.8, 4) is 11.5 Å². The number of fused-ring (bicyclic) bond motifs is 1. The lowest BCUT2D eigenvalue weighted by Gasteiger charge is -2.37. The molecule has 1 aliphatic rings. The quantitative estimate of drug-likeness (QED) is 0.129. The highest BCUT2D eigenvalue weighted by Crippen LogP contribution is 2.43. The van der Waals surface area contributed by atoms with Crippen molar-refractivity contribution in [2.75, 3.05) is 34.9 Å². The summed E-state index contributed by atoms with van der Waals surface area (Å²) in [4.78, 5) is 19.5. The lowest BCUT2D eigenvalue weighted by atomic mass is 9.80. The van der Waals surface area contributed by atoms with Crippen molar-refractivity contribution in [1.82, 2.24) is 24.4 Å². The first-order chi connectivity index (χ1) is 21.9. The normalized spacial score (nSPS) is 18.5. The van der Waals surface area contributed by atoms with Gasteiger partial charge in [-0.2, -0.15) is 0 Å². The van der Waals surface area contributed by atoms with Gasteiger partial charge in [0.2, 0.25) is 0 Å². The zero-order valence-corrected chi connectivity index (χ0v) is 25.6. The molecule has 3 atom stereocenters. The Bertz CT molecular complexity index is 1690. The minimum atomic E-state index is -1.03.